The zero-order valence-electron chi connectivity index (χ0n) is 15.3. The zero-order valence-corrected chi connectivity index (χ0v) is 15.3. The van der Waals surface area contributed by atoms with Crippen LogP contribution in [0.3, 0.4) is 0 Å². The van der Waals surface area contributed by atoms with Crippen molar-refractivity contribution >= 4 is 11.8 Å². The second-order valence-electron chi connectivity index (χ2n) is 7.54. The number of likely N-dealkylation sites (tertiary alicyclic amines) is 1. The first-order valence-electron chi connectivity index (χ1n) is 9.15. The molecule has 136 valence electrons. The van der Waals surface area contributed by atoms with Crippen molar-refractivity contribution in [3.8, 4) is 0 Å². The van der Waals surface area contributed by atoms with Gasteiger partial charge in [0.25, 0.3) is 5.91 Å². The molecule has 26 heavy (non-hydrogen) atoms. The van der Waals surface area contributed by atoms with Crippen LogP contribution in [0.1, 0.15) is 40.2 Å². The minimum Gasteiger partial charge on any atom is -0.345 e. The summed E-state index contributed by atoms with van der Waals surface area (Å²) < 4.78 is 1.75. The Morgan fingerprint density at radius 3 is 2.85 bits per heavy atom. The van der Waals surface area contributed by atoms with Crippen LogP contribution in [0.5, 0.6) is 0 Å². The second-order valence-corrected chi connectivity index (χ2v) is 7.54. The third-order valence-corrected chi connectivity index (χ3v) is 5.61. The quantitative estimate of drug-likeness (QED) is 0.897. The van der Waals surface area contributed by atoms with Gasteiger partial charge in [0.1, 0.15) is 6.54 Å². The van der Waals surface area contributed by atoms with Crippen molar-refractivity contribution in [2.75, 3.05) is 13.1 Å². The second kappa shape index (κ2) is 6.27. The molecule has 0 aliphatic carbocycles. The van der Waals surface area contributed by atoms with E-state index in [1.54, 1.807) is 4.68 Å². The number of carbonyl (C=O) groups excluding carboxylic acids is 2. The zero-order chi connectivity index (χ0) is 18.3. The molecule has 0 saturated carbocycles. The van der Waals surface area contributed by atoms with Crippen molar-refractivity contribution < 1.29 is 9.59 Å². The van der Waals surface area contributed by atoms with Crippen LogP contribution in [0.25, 0.3) is 0 Å². The smallest absolute Gasteiger partial charge is 0.252 e. The molecule has 1 unspecified atom stereocenters. The lowest BCUT2D eigenvalue weighted by Gasteiger charge is -2.29. The van der Waals surface area contributed by atoms with E-state index in [-0.39, 0.29) is 23.9 Å². The molecule has 1 fully saturated rings. The summed E-state index contributed by atoms with van der Waals surface area (Å²) in [5, 5.41) is 7.60. The molecular formula is C20H24N4O2. The maximum absolute atomic E-state index is 12.7. The summed E-state index contributed by atoms with van der Waals surface area (Å²) >= 11 is 0. The van der Waals surface area contributed by atoms with Crippen molar-refractivity contribution in [1.29, 1.82) is 0 Å². The molecular weight excluding hydrogens is 328 g/mol. The summed E-state index contributed by atoms with van der Waals surface area (Å²) in [7, 11) is 0. The minimum absolute atomic E-state index is 0.0223. The molecule has 1 atom stereocenters. The van der Waals surface area contributed by atoms with Crippen molar-refractivity contribution in [3.05, 3.63) is 52.8 Å². The molecule has 2 aromatic rings. The Bertz CT molecular complexity index is 872. The van der Waals surface area contributed by atoms with Gasteiger partial charge in [-0.1, -0.05) is 18.2 Å². The summed E-state index contributed by atoms with van der Waals surface area (Å²) in [5.41, 5.74) is 3.44. The van der Waals surface area contributed by atoms with E-state index in [1.807, 2.05) is 49.1 Å². The van der Waals surface area contributed by atoms with Crippen molar-refractivity contribution in [3.63, 3.8) is 0 Å². The van der Waals surface area contributed by atoms with E-state index >= 15 is 0 Å². The lowest BCUT2D eigenvalue weighted by atomic mass is 9.91. The molecule has 6 heteroatoms. The fourth-order valence-electron chi connectivity index (χ4n) is 4.16. The first-order valence-corrected chi connectivity index (χ1v) is 9.15. The van der Waals surface area contributed by atoms with E-state index in [9.17, 15) is 9.59 Å². The number of carbonyl (C=O) groups is 2. The number of nitrogens with one attached hydrogen (secondary N) is 1. The number of aryl methyl sites for hydroxylation is 3. The van der Waals surface area contributed by atoms with E-state index in [4.69, 9.17) is 0 Å². The van der Waals surface area contributed by atoms with Crippen LogP contribution in [-0.4, -0.2) is 45.1 Å². The van der Waals surface area contributed by atoms with Gasteiger partial charge in [0.15, 0.2) is 0 Å². The predicted octanol–water partition coefficient (Wildman–Crippen LogP) is 1.85. The summed E-state index contributed by atoms with van der Waals surface area (Å²) in [5.74, 6) is 0.0371. The molecule has 4 rings (SSSR count). The molecule has 1 N–H and O–H groups in total. The topological polar surface area (TPSA) is 67.2 Å². The normalized spacial score (nSPS) is 22.2. The summed E-state index contributed by atoms with van der Waals surface area (Å²) in [4.78, 5) is 27.3. The molecule has 2 aliphatic heterocycles. The van der Waals surface area contributed by atoms with Gasteiger partial charge in [-0.3, -0.25) is 14.3 Å². The van der Waals surface area contributed by atoms with Crippen LogP contribution in [0.4, 0.5) is 0 Å². The fourth-order valence-corrected chi connectivity index (χ4v) is 4.16. The molecule has 1 spiro atoms. The predicted molar refractivity (Wildman–Crippen MR) is 97.9 cm³/mol. The van der Waals surface area contributed by atoms with Gasteiger partial charge in [0, 0.05) is 24.3 Å². The number of fused-ring (bicyclic) bond motifs is 1. The Hall–Kier alpha value is -2.63. The Balaban J connectivity index is 1.47. The average molecular weight is 352 g/mol. The Labute approximate surface area is 153 Å². The number of aromatic nitrogens is 2. The average Bonchev–Trinajstić information content (AvgIpc) is 3.12. The van der Waals surface area contributed by atoms with Crippen molar-refractivity contribution in [2.24, 2.45) is 0 Å². The first kappa shape index (κ1) is 16.8. The Morgan fingerprint density at radius 2 is 2.08 bits per heavy atom. The standard InChI is InChI=1S/C20H24N4O2/c1-14-11-15(2)24(22-14)12-18(25)23-10-9-20(13-23)8-7-16-5-3-4-6-17(16)19(26)21-20/h3-6,11H,7-10,12-13H2,1-2H3,(H,21,26). The largest absolute Gasteiger partial charge is 0.345 e. The van der Waals surface area contributed by atoms with Gasteiger partial charge in [-0.15, -0.1) is 0 Å². The minimum atomic E-state index is -0.319. The lowest BCUT2D eigenvalue weighted by molar-refractivity contribution is -0.131. The van der Waals surface area contributed by atoms with E-state index < -0.39 is 0 Å². The Morgan fingerprint density at radius 1 is 1.27 bits per heavy atom. The molecule has 1 saturated heterocycles. The maximum Gasteiger partial charge on any atom is 0.252 e. The van der Waals surface area contributed by atoms with Gasteiger partial charge in [-0.25, -0.2) is 0 Å². The molecule has 3 heterocycles. The molecule has 0 radical (unpaired) electrons. The van der Waals surface area contributed by atoms with Gasteiger partial charge < -0.3 is 10.2 Å². The summed E-state index contributed by atoms with van der Waals surface area (Å²) in [6, 6.07) is 9.75. The highest BCUT2D eigenvalue weighted by Crippen LogP contribution is 2.30. The van der Waals surface area contributed by atoms with E-state index in [0.717, 1.165) is 41.8 Å². The maximum atomic E-state index is 12.7. The Kier molecular flexibility index (Phi) is 4.05. The molecule has 1 aromatic carbocycles. The number of nitrogens with zero attached hydrogens (tertiary/aromatic N) is 3. The van der Waals surface area contributed by atoms with Crippen molar-refractivity contribution in [2.45, 2.75) is 45.2 Å². The van der Waals surface area contributed by atoms with E-state index in [0.29, 0.717) is 13.1 Å². The summed E-state index contributed by atoms with van der Waals surface area (Å²) in [6.45, 7) is 5.39. The molecule has 2 aliphatic rings. The van der Waals surface area contributed by atoms with Crippen LogP contribution < -0.4 is 5.32 Å². The number of hydrogen-bond acceptors (Lipinski definition) is 3. The third kappa shape index (κ3) is 3.00. The van der Waals surface area contributed by atoms with E-state index in [2.05, 4.69) is 10.4 Å². The monoisotopic (exact) mass is 352 g/mol. The fraction of sp³-hybridized carbons (Fsp3) is 0.450. The highest BCUT2D eigenvalue weighted by atomic mass is 16.2. The van der Waals surface area contributed by atoms with Crippen molar-refractivity contribution in [1.82, 2.24) is 20.0 Å². The molecule has 1 aromatic heterocycles. The molecule has 6 nitrogen and oxygen atoms in total. The highest BCUT2D eigenvalue weighted by molar-refractivity contribution is 5.96. The number of rotatable bonds is 2. The van der Waals surface area contributed by atoms with Crippen LogP contribution in [0, 0.1) is 13.8 Å². The van der Waals surface area contributed by atoms with Gasteiger partial charge in [0.2, 0.25) is 5.91 Å². The van der Waals surface area contributed by atoms with Crippen LogP contribution in [0.15, 0.2) is 30.3 Å². The number of amides is 2. The molecule has 0 bridgehead atoms. The highest BCUT2D eigenvalue weighted by Gasteiger charge is 2.42. The summed E-state index contributed by atoms with van der Waals surface area (Å²) in [6.07, 6.45) is 2.52. The van der Waals surface area contributed by atoms with Crippen LogP contribution >= 0.6 is 0 Å². The van der Waals surface area contributed by atoms with Crippen LogP contribution in [-0.2, 0) is 17.8 Å². The van der Waals surface area contributed by atoms with Gasteiger partial charge in [0.05, 0.1) is 11.2 Å². The number of hydrogen-bond donors (Lipinski definition) is 1. The first-order chi connectivity index (χ1) is 12.5. The lowest BCUT2D eigenvalue weighted by Crippen LogP contribution is -2.50. The van der Waals surface area contributed by atoms with Gasteiger partial charge in [-0.05, 0) is 50.8 Å². The SMILES string of the molecule is Cc1cc(C)n(CC(=O)N2CCC3(CCc4ccccc4C(=O)N3)C2)n1. The van der Waals surface area contributed by atoms with Crippen LogP contribution in [0.2, 0.25) is 0 Å². The van der Waals surface area contributed by atoms with Gasteiger partial charge >= 0.3 is 0 Å². The van der Waals surface area contributed by atoms with Gasteiger partial charge in [-0.2, -0.15) is 5.10 Å². The third-order valence-electron chi connectivity index (χ3n) is 5.61. The molecule has 2 amide bonds. The van der Waals surface area contributed by atoms with E-state index in [1.165, 1.54) is 0 Å². The number of benzene rings is 1.